The third kappa shape index (κ3) is 3.35. The van der Waals surface area contributed by atoms with Crippen molar-refractivity contribution in [2.75, 3.05) is 7.11 Å². The van der Waals surface area contributed by atoms with Gasteiger partial charge in [-0.05, 0) is 22.6 Å². The molecule has 8 heteroatoms. The summed E-state index contributed by atoms with van der Waals surface area (Å²) < 4.78 is 56.7. The van der Waals surface area contributed by atoms with Crippen LogP contribution in [0.25, 0.3) is 0 Å². The van der Waals surface area contributed by atoms with Gasteiger partial charge in [0.25, 0.3) is 0 Å². The van der Waals surface area contributed by atoms with Gasteiger partial charge in [-0.1, -0.05) is 0 Å². The second-order valence-electron chi connectivity index (χ2n) is 2.63. The lowest BCUT2D eigenvalue weighted by atomic mass is 10.2. The monoisotopic (exact) mass is 351 g/mol. The summed E-state index contributed by atoms with van der Waals surface area (Å²) in [6.07, 6.45) is -4.85. The van der Waals surface area contributed by atoms with Crippen LogP contribution in [0.5, 0.6) is 11.6 Å². The van der Waals surface area contributed by atoms with Crippen molar-refractivity contribution in [1.29, 1.82) is 0 Å². The van der Waals surface area contributed by atoms with Crippen LogP contribution in [0, 0.1) is 3.70 Å². The lowest BCUT2D eigenvalue weighted by Gasteiger charge is -2.12. The summed E-state index contributed by atoms with van der Waals surface area (Å²) >= 11 is 1.64. The summed E-state index contributed by atoms with van der Waals surface area (Å²) in [5, 5.41) is 0. The molecule has 0 amide bonds. The molecule has 0 saturated heterocycles. The molecule has 0 aromatic carbocycles. The van der Waals surface area contributed by atoms with E-state index in [1.165, 1.54) is 7.11 Å². The van der Waals surface area contributed by atoms with Gasteiger partial charge < -0.3 is 9.47 Å². The number of halogens is 5. The Morgan fingerprint density at radius 2 is 2.06 bits per heavy atom. The van der Waals surface area contributed by atoms with Crippen molar-refractivity contribution < 1.29 is 27.0 Å². The molecule has 0 radical (unpaired) electrons. The summed E-state index contributed by atoms with van der Waals surface area (Å²) in [4.78, 5) is 3.49. The minimum Gasteiger partial charge on any atom is -0.494 e. The second kappa shape index (κ2) is 5.02. The number of ether oxygens (including phenoxy) is 2. The van der Waals surface area contributed by atoms with E-state index in [1.54, 1.807) is 22.6 Å². The number of hydrogen-bond donors (Lipinski definition) is 0. The highest BCUT2D eigenvalue weighted by Crippen LogP contribution is 2.30. The quantitative estimate of drug-likeness (QED) is 0.477. The molecule has 0 unspecified atom stereocenters. The Balaban J connectivity index is 3.10. The molecule has 0 aliphatic rings. The number of aromatic nitrogens is 1. The van der Waals surface area contributed by atoms with Crippen LogP contribution >= 0.6 is 22.6 Å². The first-order chi connectivity index (χ1) is 7.37. The molecule has 0 bridgehead atoms. The molecule has 90 valence electrons. The van der Waals surface area contributed by atoms with Gasteiger partial charge in [0.05, 0.1) is 7.11 Å². The highest BCUT2D eigenvalue weighted by molar-refractivity contribution is 14.1. The van der Waals surface area contributed by atoms with E-state index in [-0.39, 0.29) is 15.0 Å². The van der Waals surface area contributed by atoms with Crippen molar-refractivity contribution in [3.05, 3.63) is 15.3 Å². The van der Waals surface area contributed by atoms with Gasteiger partial charge in [-0.25, -0.2) is 9.37 Å². The molecule has 0 aliphatic heterocycles. The lowest BCUT2D eigenvalue weighted by molar-refractivity contribution is -0.276. The van der Waals surface area contributed by atoms with Gasteiger partial charge in [0.2, 0.25) is 5.88 Å². The third-order valence-electron chi connectivity index (χ3n) is 1.55. The first-order valence-corrected chi connectivity index (χ1v) is 5.00. The van der Waals surface area contributed by atoms with Crippen LogP contribution in [0.2, 0.25) is 0 Å². The van der Waals surface area contributed by atoms with E-state index < -0.39 is 18.9 Å². The molecule has 0 fully saturated rings. The Kier molecular flexibility index (Phi) is 4.16. The Morgan fingerprint density at radius 1 is 1.44 bits per heavy atom. The number of rotatable bonds is 3. The SMILES string of the molecule is COc1c(CF)cc(OC(F)(F)F)nc1I. The van der Waals surface area contributed by atoms with Gasteiger partial charge >= 0.3 is 6.36 Å². The Bertz CT molecular complexity index is 383. The fourth-order valence-corrected chi connectivity index (χ4v) is 1.82. The number of pyridine rings is 1. The van der Waals surface area contributed by atoms with Crippen molar-refractivity contribution in [1.82, 2.24) is 4.98 Å². The van der Waals surface area contributed by atoms with Gasteiger partial charge in [0, 0.05) is 11.6 Å². The first kappa shape index (κ1) is 13.3. The minimum absolute atomic E-state index is 0.0406. The highest BCUT2D eigenvalue weighted by Gasteiger charge is 2.32. The largest absolute Gasteiger partial charge is 0.574 e. The lowest BCUT2D eigenvalue weighted by Crippen LogP contribution is -2.18. The molecule has 0 spiro atoms. The van der Waals surface area contributed by atoms with Gasteiger partial charge in [-0.3, -0.25) is 0 Å². The van der Waals surface area contributed by atoms with E-state index in [9.17, 15) is 17.6 Å². The molecule has 3 nitrogen and oxygen atoms in total. The molecular formula is C8H6F4INO2. The zero-order chi connectivity index (χ0) is 12.3. The number of alkyl halides is 4. The van der Waals surface area contributed by atoms with Crippen molar-refractivity contribution in [3.8, 4) is 11.6 Å². The predicted octanol–water partition coefficient (Wildman–Crippen LogP) is 3.06. The molecule has 1 aromatic rings. The maximum atomic E-state index is 12.5. The zero-order valence-electron chi connectivity index (χ0n) is 7.94. The molecular weight excluding hydrogens is 345 g/mol. The van der Waals surface area contributed by atoms with Gasteiger partial charge in [-0.15, -0.1) is 13.2 Å². The van der Waals surface area contributed by atoms with E-state index in [0.29, 0.717) is 0 Å². The van der Waals surface area contributed by atoms with E-state index >= 15 is 0 Å². The zero-order valence-corrected chi connectivity index (χ0v) is 10.1. The van der Waals surface area contributed by atoms with Crippen LogP contribution in [0.3, 0.4) is 0 Å². The standard InChI is InChI=1S/C8H6F4INO2/c1-15-6-4(3-9)2-5(14-7(6)13)16-8(10,11)12/h2H,3H2,1H3. The van der Waals surface area contributed by atoms with E-state index in [0.717, 1.165) is 6.07 Å². The van der Waals surface area contributed by atoms with Crippen molar-refractivity contribution >= 4 is 22.6 Å². The highest BCUT2D eigenvalue weighted by atomic mass is 127. The Labute approximate surface area is 102 Å². The number of hydrogen-bond acceptors (Lipinski definition) is 3. The minimum atomic E-state index is -4.85. The maximum absolute atomic E-state index is 12.5. The summed E-state index contributed by atoms with van der Waals surface area (Å²) in [6, 6.07) is 0.856. The normalized spacial score (nSPS) is 11.4. The number of nitrogens with zero attached hydrogens (tertiary/aromatic N) is 1. The van der Waals surface area contributed by atoms with Crippen LogP contribution < -0.4 is 9.47 Å². The fourth-order valence-electron chi connectivity index (χ4n) is 1.01. The molecule has 1 heterocycles. The molecule has 1 rings (SSSR count). The van der Waals surface area contributed by atoms with Gasteiger partial charge in [0.15, 0.2) is 5.75 Å². The van der Waals surface area contributed by atoms with E-state index in [1.807, 2.05) is 0 Å². The van der Waals surface area contributed by atoms with Gasteiger partial charge in [0.1, 0.15) is 10.4 Å². The summed E-state index contributed by atoms with van der Waals surface area (Å²) in [6.45, 7) is -0.962. The summed E-state index contributed by atoms with van der Waals surface area (Å²) in [5.41, 5.74) is -0.0406. The average molecular weight is 351 g/mol. The van der Waals surface area contributed by atoms with Crippen LogP contribution in [0.4, 0.5) is 17.6 Å². The molecule has 16 heavy (non-hydrogen) atoms. The molecule has 0 atom stereocenters. The number of methoxy groups -OCH3 is 1. The fraction of sp³-hybridized carbons (Fsp3) is 0.375. The van der Waals surface area contributed by atoms with Crippen molar-refractivity contribution in [2.24, 2.45) is 0 Å². The van der Waals surface area contributed by atoms with Gasteiger partial charge in [-0.2, -0.15) is 0 Å². The van der Waals surface area contributed by atoms with Crippen molar-refractivity contribution in [3.63, 3.8) is 0 Å². The average Bonchev–Trinajstić information content (AvgIpc) is 2.14. The van der Waals surface area contributed by atoms with Crippen molar-refractivity contribution in [2.45, 2.75) is 13.0 Å². The molecule has 1 aromatic heterocycles. The van der Waals surface area contributed by atoms with Crippen LogP contribution in [0.15, 0.2) is 6.07 Å². The second-order valence-corrected chi connectivity index (χ2v) is 3.65. The van der Waals surface area contributed by atoms with Crippen LogP contribution in [0.1, 0.15) is 5.56 Å². The third-order valence-corrected chi connectivity index (χ3v) is 2.28. The first-order valence-electron chi connectivity index (χ1n) is 3.92. The Morgan fingerprint density at radius 3 is 2.50 bits per heavy atom. The predicted molar refractivity (Wildman–Crippen MR) is 55.0 cm³/mol. The molecule has 0 N–H and O–H groups in total. The summed E-state index contributed by atoms with van der Waals surface area (Å²) in [5.74, 6) is -0.594. The Hall–Kier alpha value is -0.800. The topological polar surface area (TPSA) is 31.4 Å². The van der Waals surface area contributed by atoms with E-state index in [4.69, 9.17) is 4.74 Å². The molecule has 0 aliphatic carbocycles. The maximum Gasteiger partial charge on any atom is 0.574 e. The smallest absolute Gasteiger partial charge is 0.494 e. The molecule has 0 saturated carbocycles. The van der Waals surface area contributed by atoms with E-state index in [2.05, 4.69) is 9.72 Å². The van der Waals surface area contributed by atoms with Crippen LogP contribution in [-0.4, -0.2) is 18.5 Å². The van der Waals surface area contributed by atoms with Crippen LogP contribution in [-0.2, 0) is 6.67 Å². The summed E-state index contributed by atoms with van der Waals surface area (Å²) in [7, 11) is 1.28.